The van der Waals surface area contributed by atoms with Gasteiger partial charge in [0.1, 0.15) is 17.1 Å². The van der Waals surface area contributed by atoms with E-state index in [-0.39, 0.29) is 11.3 Å². The van der Waals surface area contributed by atoms with Crippen LogP contribution in [0.4, 0.5) is 0 Å². The van der Waals surface area contributed by atoms with E-state index in [2.05, 4.69) is 4.98 Å². The van der Waals surface area contributed by atoms with E-state index in [0.29, 0.717) is 6.61 Å². The lowest BCUT2D eigenvalue weighted by atomic mass is 10.1. The fraction of sp³-hybridized carbons (Fsp3) is 0.0870. The second-order valence-corrected chi connectivity index (χ2v) is 6.35. The van der Waals surface area contributed by atoms with E-state index in [9.17, 15) is 0 Å². The van der Waals surface area contributed by atoms with Crippen molar-refractivity contribution in [3.63, 3.8) is 0 Å². The summed E-state index contributed by atoms with van der Waals surface area (Å²) in [5, 5.41) is 18.0. The maximum atomic E-state index is 8.64. The van der Waals surface area contributed by atoms with E-state index in [1.807, 2.05) is 67.6 Å². The summed E-state index contributed by atoms with van der Waals surface area (Å²) >= 11 is 0. The van der Waals surface area contributed by atoms with E-state index >= 15 is 0 Å². The summed E-state index contributed by atoms with van der Waals surface area (Å²) in [4.78, 5) is 4.35. The Morgan fingerprint density at radius 1 is 1.00 bits per heavy atom. The lowest BCUT2D eigenvalue weighted by Crippen LogP contribution is -2.26. The lowest BCUT2D eigenvalue weighted by molar-refractivity contribution is 0.340. The summed E-state index contributed by atoms with van der Waals surface area (Å²) in [6, 6.07) is 21.1. The SMILES string of the molecule is CCOc1ccc(-c2ccn(C(=N)c3ccnc4ccccc34)c(=N)c2)cc1. The Labute approximate surface area is 162 Å². The molecule has 0 bridgehead atoms. The van der Waals surface area contributed by atoms with E-state index in [1.165, 1.54) is 0 Å². The number of nitrogens with one attached hydrogen (secondary N) is 2. The Kier molecular flexibility index (Phi) is 4.72. The molecule has 0 aliphatic carbocycles. The first-order valence-electron chi connectivity index (χ1n) is 9.11. The highest BCUT2D eigenvalue weighted by atomic mass is 16.5. The molecular formula is C23H20N4O. The average molecular weight is 368 g/mol. The Morgan fingerprint density at radius 2 is 1.79 bits per heavy atom. The van der Waals surface area contributed by atoms with Gasteiger partial charge in [0, 0.05) is 23.3 Å². The van der Waals surface area contributed by atoms with E-state index in [4.69, 9.17) is 15.6 Å². The van der Waals surface area contributed by atoms with Gasteiger partial charge in [0.25, 0.3) is 0 Å². The second-order valence-electron chi connectivity index (χ2n) is 6.35. The van der Waals surface area contributed by atoms with Crippen LogP contribution in [0.5, 0.6) is 5.75 Å². The fourth-order valence-corrected chi connectivity index (χ4v) is 3.22. The highest BCUT2D eigenvalue weighted by Gasteiger charge is 2.10. The van der Waals surface area contributed by atoms with Gasteiger partial charge in [-0.05, 0) is 54.4 Å². The first-order valence-corrected chi connectivity index (χ1v) is 9.11. The van der Waals surface area contributed by atoms with Crippen LogP contribution in [-0.4, -0.2) is 22.0 Å². The molecule has 0 amide bonds. The minimum absolute atomic E-state index is 0.247. The molecule has 138 valence electrons. The Morgan fingerprint density at radius 3 is 2.54 bits per heavy atom. The van der Waals surface area contributed by atoms with Crippen LogP contribution in [0.2, 0.25) is 0 Å². The minimum Gasteiger partial charge on any atom is -0.494 e. The number of ether oxygens (including phenoxy) is 1. The molecule has 0 fully saturated rings. The second kappa shape index (κ2) is 7.48. The molecular weight excluding hydrogens is 348 g/mol. The van der Waals surface area contributed by atoms with Gasteiger partial charge in [-0.2, -0.15) is 0 Å². The van der Waals surface area contributed by atoms with Crippen molar-refractivity contribution in [3.8, 4) is 16.9 Å². The molecule has 0 atom stereocenters. The third kappa shape index (κ3) is 3.30. The van der Waals surface area contributed by atoms with Gasteiger partial charge in [-0.1, -0.05) is 30.3 Å². The molecule has 4 aromatic rings. The van der Waals surface area contributed by atoms with Crippen LogP contribution in [-0.2, 0) is 0 Å². The zero-order valence-electron chi connectivity index (χ0n) is 15.5. The first-order chi connectivity index (χ1) is 13.7. The van der Waals surface area contributed by atoms with Crippen LogP contribution < -0.4 is 10.2 Å². The molecule has 4 rings (SSSR count). The van der Waals surface area contributed by atoms with E-state index < -0.39 is 0 Å². The van der Waals surface area contributed by atoms with Crippen molar-refractivity contribution in [2.45, 2.75) is 6.92 Å². The molecule has 2 N–H and O–H groups in total. The van der Waals surface area contributed by atoms with Gasteiger partial charge >= 0.3 is 0 Å². The number of hydrogen-bond acceptors (Lipinski definition) is 4. The third-order valence-corrected chi connectivity index (χ3v) is 4.60. The van der Waals surface area contributed by atoms with Gasteiger partial charge in [0.15, 0.2) is 0 Å². The highest BCUT2D eigenvalue weighted by Crippen LogP contribution is 2.22. The number of nitrogens with zero attached hydrogens (tertiary/aromatic N) is 2. The van der Waals surface area contributed by atoms with Gasteiger partial charge < -0.3 is 4.74 Å². The normalized spacial score (nSPS) is 10.8. The molecule has 2 heterocycles. The van der Waals surface area contributed by atoms with Crippen molar-refractivity contribution in [2.75, 3.05) is 6.61 Å². The number of rotatable bonds is 4. The Hall–Kier alpha value is -3.73. The number of hydrogen-bond donors (Lipinski definition) is 2. The summed E-state index contributed by atoms with van der Waals surface area (Å²) in [7, 11) is 0. The number of aromatic nitrogens is 2. The minimum atomic E-state index is 0.247. The number of pyridine rings is 2. The fourth-order valence-electron chi connectivity index (χ4n) is 3.22. The maximum Gasteiger partial charge on any atom is 0.138 e. The number of fused-ring (bicyclic) bond motifs is 1. The summed E-state index contributed by atoms with van der Waals surface area (Å²) in [6.45, 7) is 2.59. The van der Waals surface area contributed by atoms with Crippen molar-refractivity contribution >= 4 is 16.7 Å². The standard InChI is InChI=1S/C23H20N4O/c1-2-28-18-9-7-16(8-10-18)17-12-14-27(22(24)15-17)23(25)20-11-13-26-21-6-4-3-5-19(20)21/h3-15,24-25H,2H2,1H3. The summed E-state index contributed by atoms with van der Waals surface area (Å²) in [5.74, 6) is 1.08. The topological polar surface area (TPSA) is 74.8 Å². The van der Waals surface area contributed by atoms with Gasteiger partial charge in [-0.15, -0.1) is 0 Å². The molecule has 28 heavy (non-hydrogen) atoms. The Bertz CT molecular complexity index is 1200. The van der Waals surface area contributed by atoms with Gasteiger partial charge in [0.2, 0.25) is 0 Å². The zero-order valence-corrected chi connectivity index (χ0v) is 15.5. The lowest BCUT2D eigenvalue weighted by Gasteiger charge is -2.12. The number of benzene rings is 2. The van der Waals surface area contributed by atoms with Crippen LogP contribution in [0.15, 0.2) is 79.1 Å². The summed E-state index contributed by atoms with van der Waals surface area (Å²) in [6.07, 6.45) is 3.47. The third-order valence-electron chi connectivity index (χ3n) is 4.60. The van der Waals surface area contributed by atoms with Crippen LogP contribution in [0.1, 0.15) is 12.5 Å². The molecule has 5 nitrogen and oxygen atoms in total. The van der Waals surface area contributed by atoms with Crippen LogP contribution >= 0.6 is 0 Å². The van der Waals surface area contributed by atoms with Crippen molar-refractivity contribution < 1.29 is 4.74 Å². The summed E-state index contributed by atoms with van der Waals surface area (Å²) in [5.41, 5.74) is 3.76. The molecule has 0 radical (unpaired) electrons. The van der Waals surface area contributed by atoms with Crippen molar-refractivity contribution in [3.05, 3.63) is 90.2 Å². The van der Waals surface area contributed by atoms with Crippen LogP contribution in [0.3, 0.4) is 0 Å². The molecule has 0 saturated carbocycles. The van der Waals surface area contributed by atoms with E-state index in [1.54, 1.807) is 23.0 Å². The molecule has 2 aromatic carbocycles. The van der Waals surface area contributed by atoms with Crippen molar-refractivity contribution in [2.24, 2.45) is 0 Å². The predicted octanol–water partition coefficient (Wildman–Crippen LogP) is 4.46. The predicted molar refractivity (Wildman–Crippen MR) is 111 cm³/mol. The monoisotopic (exact) mass is 368 g/mol. The average Bonchev–Trinajstić information content (AvgIpc) is 2.73. The van der Waals surface area contributed by atoms with E-state index in [0.717, 1.165) is 33.3 Å². The quantitative estimate of drug-likeness (QED) is 0.412. The van der Waals surface area contributed by atoms with Gasteiger partial charge in [-0.3, -0.25) is 20.4 Å². The van der Waals surface area contributed by atoms with Crippen LogP contribution in [0.25, 0.3) is 22.0 Å². The van der Waals surface area contributed by atoms with Crippen molar-refractivity contribution in [1.82, 2.24) is 9.55 Å². The Balaban J connectivity index is 1.69. The summed E-state index contributed by atoms with van der Waals surface area (Å²) < 4.78 is 7.05. The van der Waals surface area contributed by atoms with Crippen molar-refractivity contribution in [1.29, 1.82) is 10.8 Å². The molecule has 0 aliphatic rings. The highest BCUT2D eigenvalue weighted by molar-refractivity contribution is 6.08. The molecule has 5 heteroatoms. The zero-order chi connectivity index (χ0) is 19.5. The maximum absolute atomic E-state index is 8.64. The van der Waals surface area contributed by atoms with Gasteiger partial charge in [0.05, 0.1) is 12.1 Å². The molecule has 0 saturated heterocycles. The smallest absolute Gasteiger partial charge is 0.138 e. The first kappa shape index (κ1) is 17.7. The molecule has 2 aromatic heterocycles. The molecule has 0 aliphatic heterocycles. The molecule has 0 spiro atoms. The molecule has 0 unspecified atom stereocenters. The van der Waals surface area contributed by atoms with Gasteiger partial charge in [-0.25, -0.2) is 0 Å². The number of para-hydroxylation sites is 1. The van der Waals surface area contributed by atoms with Crippen LogP contribution in [0, 0.1) is 10.8 Å². The largest absolute Gasteiger partial charge is 0.494 e.